The Labute approximate surface area is 113 Å². The molecule has 0 saturated heterocycles. The lowest BCUT2D eigenvalue weighted by molar-refractivity contribution is 0.0795. The number of benzene rings is 1. The van der Waals surface area contributed by atoms with Gasteiger partial charge in [-0.25, -0.2) is 0 Å². The van der Waals surface area contributed by atoms with E-state index in [1.54, 1.807) is 4.90 Å². The first-order valence-electron chi connectivity index (χ1n) is 5.14. The van der Waals surface area contributed by atoms with Crippen LogP contribution in [-0.4, -0.2) is 29.7 Å². The molecule has 0 bridgehead atoms. The van der Waals surface area contributed by atoms with Crippen LogP contribution in [0.5, 0.6) is 0 Å². The average Bonchev–Trinajstić information content (AvgIpc) is 2.25. The summed E-state index contributed by atoms with van der Waals surface area (Å²) in [6, 6.07) is 5.73. The van der Waals surface area contributed by atoms with Gasteiger partial charge in [-0.1, -0.05) is 31.9 Å². The summed E-state index contributed by atoms with van der Waals surface area (Å²) in [7, 11) is 1.84. The van der Waals surface area contributed by atoms with E-state index in [0.29, 0.717) is 0 Å². The summed E-state index contributed by atoms with van der Waals surface area (Å²) in [5, 5.41) is 0.921. The number of halogens is 2. The molecule has 1 amide bonds. The highest BCUT2D eigenvalue weighted by molar-refractivity contribution is 9.10. The van der Waals surface area contributed by atoms with Gasteiger partial charge in [0.25, 0.3) is 5.91 Å². The van der Waals surface area contributed by atoms with Crippen LogP contribution in [0.1, 0.15) is 22.3 Å². The van der Waals surface area contributed by atoms with Crippen molar-refractivity contribution in [2.24, 2.45) is 0 Å². The number of hydrogen-bond donors (Lipinski definition) is 0. The molecule has 16 heavy (non-hydrogen) atoms. The van der Waals surface area contributed by atoms with Gasteiger partial charge in [0, 0.05) is 29.0 Å². The highest BCUT2D eigenvalue weighted by Crippen LogP contribution is 2.17. The first-order chi connectivity index (χ1) is 7.56. The zero-order valence-corrected chi connectivity index (χ0v) is 12.6. The normalized spacial score (nSPS) is 10.2. The van der Waals surface area contributed by atoms with Crippen LogP contribution in [0.2, 0.25) is 0 Å². The van der Waals surface area contributed by atoms with Crippen LogP contribution in [0.4, 0.5) is 0 Å². The molecule has 0 aliphatic rings. The molecule has 0 spiro atoms. The molecule has 0 heterocycles. The minimum absolute atomic E-state index is 0.0888. The maximum atomic E-state index is 12.1. The summed E-state index contributed by atoms with van der Waals surface area (Å²) >= 11 is 6.76. The molecular formula is C12H15Br2NO. The van der Waals surface area contributed by atoms with Crippen LogP contribution in [0.15, 0.2) is 22.7 Å². The molecule has 0 aromatic heterocycles. The molecule has 1 rings (SSSR count). The molecule has 88 valence electrons. The van der Waals surface area contributed by atoms with Crippen molar-refractivity contribution in [2.75, 3.05) is 18.9 Å². The third-order valence-corrected chi connectivity index (χ3v) is 3.45. The number of amides is 1. The second-order valence-corrected chi connectivity index (χ2v) is 5.44. The Kier molecular flexibility index (Phi) is 5.49. The Bertz CT molecular complexity index is 379. The number of carbonyl (C=O) groups excluding carboxylic acids is 1. The molecule has 0 saturated carbocycles. The van der Waals surface area contributed by atoms with Crippen LogP contribution in [0.25, 0.3) is 0 Å². The standard InChI is InChI=1S/C12H15Br2NO/c1-9-8-10(14)4-5-11(9)12(16)15(2)7-3-6-13/h4-5,8H,3,6-7H2,1-2H3. The number of carbonyl (C=O) groups is 1. The summed E-state index contributed by atoms with van der Waals surface area (Å²) in [5.41, 5.74) is 1.78. The molecular weight excluding hydrogens is 334 g/mol. The van der Waals surface area contributed by atoms with Crippen molar-refractivity contribution in [1.82, 2.24) is 4.90 Å². The molecule has 0 N–H and O–H groups in total. The van der Waals surface area contributed by atoms with Gasteiger partial charge in [0.2, 0.25) is 0 Å². The molecule has 0 fully saturated rings. The second-order valence-electron chi connectivity index (χ2n) is 3.73. The molecule has 1 aromatic rings. The molecule has 4 heteroatoms. The first kappa shape index (κ1) is 13.7. The summed E-state index contributed by atoms with van der Waals surface area (Å²) in [5.74, 6) is 0.0888. The van der Waals surface area contributed by atoms with E-state index in [9.17, 15) is 4.79 Å². The van der Waals surface area contributed by atoms with Gasteiger partial charge < -0.3 is 4.90 Å². The van der Waals surface area contributed by atoms with E-state index in [2.05, 4.69) is 31.9 Å². The van der Waals surface area contributed by atoms with E-state index in [4.69, 9.17) is 0 Å². The fourth-order valence-corrected chi connectivity index (χ4v) is 2.20. The predicted octanol–water partition coefficient (Wildman–Crippen LogP) is 3.61. The van der Waals surface area contributed by atoms with E-state index in [1.807, 2.05) is 32.2 Å². The number of aryl methyl sites for hydroxylation is 1. The van der Waals surface area contributed by atoms with Gasteiger partial charge in [0.15, 0.2) is 0 Å². The lowest BCUT2D eigenvalue weighted by Gasteiger charge is -2.17. The third-order valence-electron chi connectivity index (χ3n) is 2.39. The molecule has 1 aromatic carbocycles. The Balaban J connectivity index is 2.79. The van der Waals surface area contributed by atoms with Crippen LogP contribution < -0.4 is 0 Å². The van der Waals surface area contributed by atoms with Crippen molar-refractivity contribution in [3.8, 4) is 0 Å². The molecule has 0 unspecified atom stereocenters. The largest absolute Gasteiger partial charge is 0.342 e. The van der Waals surface area contributed by atoms with Crippen LogP contribution in [0.3, 0.4) is 0 Å². The lowest BCUT2D eigenvalue weighted by Crippen LogP contribution is -2.28. The molecule has 0 aliphatic carbocycles. The Morgan fingerprint density at radius 2 is 2.12 bits per heavy atom. The summed E-state index contributed by atoms with van der Waals surface area (Å²) in [6.07, 6.45) is 0.970. The fourth-order valence-electron chi connectivity index (χ4n) is 1.47. The summed E-state index contributed by atoms with van der Waals surface area (Å²) in [4.78, 5) is 13.8. The number of hydrogen-bond acceptors (Lipinski definition) is 1. The van der Waals surface area contributed by atoms with E-state index < -0.39 is 0 Å². The van der Waals surface area contributed by atoms with Crippen molar-refractivity contribution in [1.29, 1.82) is 0 Å². The quantitative estimate of drug-likeness (QED) is 0.761. The SMILES string of the molecule is Cc1cc(Br)ccc1C(=O)N(C)CCCBr. The Morgan fingerprint density at radius 3 is 2.69 bits per heavy atom. The molecule has 2 nitrogen and oxygen atoms in total. The highest BCUT2D eigenvalue weighted by atomic mass is 79.9. The Morgan fingerprint density at radius 1 is 1.44 bits per heavy atom. The number of alkyl halides is 1. The monoisotopic (exact) mass is 347 g/mol. The van der Waals surface area contributed by atoms with Crippen molar-refractivity contribution in [3.63, 3.8) is 0 Å². The van der Waals surface area contributed by atoms with Gasteiger partial charge >= 0.3 is 0 Å². The van der Waals surface area contributed by atoms with Crippen molar-refractivity contribution >= 4 is 37.8 Å². The summed E-state index contributed by atoms with van der Waals surface area (Å²) in [6.45, 7) is 2.73. The molecule has 0 aliphatic heterocycles. The maximum absolute atomic E-state index is 12.1. The van der Waals surface area contributed by atoms with Crippen LogP contribution >= 0.6 is 31.9 Å². The zero-order valence-electron chi connectivity index (χ0n) is 9.46. The minimum atomic E-state index is 0.0888. The summed E-state index contributed by atoms with van der Waals surface area (Å²) < 4.78 is 1.00. The maximum Gasteiger partial charge on any atom is 0.253 e. The number of nitrogens with zero attached hydrogens (tertiary/aromatic N) is 1. The third kappa shape index (κ3) is 3.59. The minimum Gasteiger partial charge on any atom is -0.342 e. The Hall–Kier alpha value is -0.350. The van der Waals surface area contributed by atoms with E-state index >= 15 is 0 Å². The van der Waals surface area contributed by atoms with Crippen LogP contribution in [0, 0.1) is 6.92 Å². The van der Waals surface area contributed by atoms with E-state index in [1.165, 1.54) is 0 Å². The van der Waals surface area contributed by atoms with Crippen molar-refractivity contribution in [2.45, 2.75) is 13.3 Å². The van der Waals surface area contributed by atoms with E-state index in [-0.39, 0.29) is 5.91 Å². The smallest absolute Gasteiger partial charge is 0.253 e. The van der Waals surface area contributed by atoms with Gasteiger partial charge in [-0.05, 0) is 37.1 Å². The van der Waals surface area contributed by atoms with Crippen molar-refractivity contribution in [3.05, 3.63) is 33.8 Å². The van der Waals surface area contributed by atoms with Crippen LogP contribution in [-0.2, 0) is 0 Å². The van der Waals surface area contributed by atoms with Gasteiger partial charge in [-0.3, -0.25) is 4.79 Å². The first-order valence-corrected chi connectivity index (χ1v) is 7.05. The predicted molar refractivity (Wildman–Crippen MR) is 74.3 cm³/mol. The lowest BCUT2D eigenvalue weighted by atomic mass is 10.1. The van der Waals surface area contributed by atoms with Gasteiger partial charge in [0.1, 0.15) is 0 Å². The fraction of sp³-hybridized carbons (Fsp3) is 0.417. The average molecular weight is 349 g/mol. The van der Waals surface area contributed by atoms with Crippen molar-refractivity contribution < 1.29 is 4.79 Å². The zero-order chi connectivity index (χ0) is 12.1. The van der Waals surface area contributed by atoms with Gasteiger partial charge in [-0.15, -0.1) is 0 Å². The van der Waals surface area contributed by atoms with Gasteiger partial charge in [-0.2, -0.15) is 0 Å². The second kappa shape index (κ2) is 6.40. The molecule has 0 radical (unpaired) electrons. The number of rotatable bonds is 4. The highest BCUT2D eigenvalue weighted by Gasteiger charge is 2.13. The topological polar surface area (TPSA) is 20.3 Å². The molecule has 0 atom stereocenters. The van der Waals surface area contributed by atoms with E-state index in [0.717, 1.165) is 33.9 Å². The van der Waals surface area contributed by atoms with Gasteiger partial charge in [0.05, 0.1) is 0 Å².